The van der Waals surface area contributed by atoms with E-state index in [1.165, 1.54) is 5.57 Å². The van der Waals surface area contributed by atoms with E-state index in [1.54, 1.807) is 0 Å². The van der Waals surface area contributed by atoms with Gasteiger partial charge in [-0.05, 0) is 32.6 Å². The maximum atomic E-state index is 8.38. The molecular formula is C10H17N. The average molecular weight is 151 g/mol. The van der Waals surface area contributed by atoms with Crippen LogP contribution >= 0.6 is 0 Å². The van der Waals surface area contributed by atoms with Gasteiger partial charge in [0.1, 0.15) is 0 Å². The second-order valence-corrected chi connectivity index (χ2v) is 3.33. The summed E-state index contributed by atoms with van der Waals surface area (Å²) in [4.78, 5) is 0. The molecule has 0 aromatic rings. The van der Waals surface area contributed by atoms with Crippen molar-refractivity contribution in [1.82, 2.24) is 0 Å². The van der Waals surface area contributed by atoms with Gasteiger partial charge in [0, 0.05) is 6.42 Å². The van der Waals surface area contributed by atoms with E-state index in [1.807, 2.05) is 0 Å². The first-order valence-electron chi connectivity index (χ1n) is 4.17. The van der Waals surface area contributed by atoms with Crippen molar-refractivity contribution in [3.63, 3.8) is 0 Å². The number of hydrogen-bond donors (Lipinski definition) is 0. The molecule has 1 nitrogen and oxygen atoms in total. The zero-order chi connectivity index (χ0) is 8.69. The molecule has 1 heteroatoms. The molecule has 0 fully saturated rings. The molecule has 0 N–H and O–H groups in total. The SMILES string of the molecule is CC(C)=CCC[C@H](C)CC#N. The Morgan fingerprint density at radius 2 is 2.18 bits per heavy atom. The normalized spacial score (nSPS) is 11.8. The fraction of sp³-hybridized carbons (Fsp3) is 0.700. The van der Waals surface area contributed by atoms with Gasteiger partial charge in [-0.3, -0.25) is 0 Å². The summed E-state index contributed by atoms with van der Waals surface area (Å²) < 4.78 is 0. The Kier molecular flexibility index (Phi) is 5.56. The predicted molar refractivity (Wildman–Crippen MR) is 48.1 cm³/mol. The maximum Gasteiger partial charge on any atom is 0.0624 e. The minimum Gasteiger partial charge on any atom is -0.198 e. The quantitative estimate of drug-likeness (QED) is 0.566. The zero-order valence-corrected chi connectivity index (χ0v) is 7.72. The van der Waals surface area contributed by atoms with Crippen LogP contribution in [0.3, 0.4) is 0 Å². The lowest BCUT2D eigenvalue weighted by molar-refractivity contribution is 0.551. The van der Waals surface area contributed by atoms with Gasteiger partial charge in [-0.2, -0.15) is 5.26 Å². The van der Waals surface area contributed by atoms with Crippen LogP contribution < -0.4 is 0 Å². The fourth-order valence-corrected chi connectivity index (χ4v) is 0.914. The van der Waals surface area contributed by atoms with Crippen LogP contribution in [-0.4, -0.2) is 0 Å². The van der Waals surface area contributed by atoms with Gasteiger partial charge >= 0.3 is 0 Å². The van der Waals surface area contributed by atoms with Crippen LogP contribution in [0.15, 0.2) is 11.6 Å². The molecule has 0 spiro atoms. The van der Waals surface area contributed by atoms with Crippen LogP contribution in [0.2, 0.25) is 0 Å². The molecule has 0 amide bonds. The van der Waals surface area contributed by atoms with Gasteiger partial charge in [-0.25, -0.2) is 0 Å². The molecule has 0 aliphatic heterocycles. The number of nitrogens with zero attached hydrogens (tertiary/aromatic N) is 1. The molecule has 0 aromatic carbocycles. The highest BCUT2D eigenvalue weighted by Crippen LogP contribution is 2.10. The highest BCUT2D eigenvalue weighted by molar-refractivity contribution is 4.93. The van der Waals surface area contributed by atoms with Crippen LogP contribution in [0.5, 0.6) is 0 Å². The first-order chi connectivity index (χ1) is 5.16. The van der Waals surface area contributed by atoms with Crippen molar-refractivity contribution in [3.8, 4) is 6.07 Å². The van der Waals surface area contributed by atoms with Gasteiger partial charge in [0.15, 0.2) is 0 Å². The molecule has 11 heavy (non-hydrogen) atoms. The largest absolute Gasteiger partial charge is 0.198 e. The number of rotatable bonds is 4. The maximum absolute atomic E-state index is 8.38. The summed E-state index contributed by atoms with van der Waals surface area (Å²) >= 11 is 0. The second-order valence-electron chi connectivity index (χ2n) is 3.33. The third-order valence-electron chi connectivity index (χ3n) is 1.65. The summed E-state index contributed by atoms with van der Waals surface area (Å²) in [5, 5.41) is 8.38. The predicted octanol–water partition coefficient (Wildman–Crippen LogP) is 3.28. The first-order valence-corrected chi connectivity index (χ1v) is 4.17. The van der Waals surface area contributed by atoms with Crippen molar-refractivity contribution >= 4 is 0 Å². The molecule has 62 valence electrons. The third-order valence-corrected chi connectivity index (χ3v) is 1.65. The van der Waals surface area contributed by atoms with Gasteiger partial charge in [0.25, 0.3) is 0 Å². The Labute approximate surface area is 69.7 Å². The average Bonchev–Trinajstić information content (AvgIpc) is 1.87. The van der Waals surface area contributed by atoms with Crippen LogP contribution in [0.4, 0.5) is 0 Å². The lowest BCUT2D eigenvalue weighted by Gasteiger charge is -2.02. The number of hydrogen-bond acceptors (Lipinski definition) is 1. The van der Waals surface area contributed by atoms with Gasteiger partial charge in [0.05, 0.1) is 6.07 Å². The molecule has 0 heterocycles. The van der Waals surface area contributed by atoms with Crippen molar-refractivity contribution in [1.29, 1.82) is 5.26 Å². The Morgan fingerprint density at radius 1 is 1.55 bits per heavy atom. The molecule has 0 aliphatic carbocycles. The molecule has 0 saturated carbocycles. The molecular weight excluding hydrogens is 134 g/mol. The minimum absolute atomic E-state index is 0.551. The molecule has 0 bridgehead atoms. The molecule has 1 atom stereocenters. The first kappa shape index (κ1) is 10.2. The van der Waals surface area contributed by atoms with Gasteiger partial charge < -0.3 is 0 Å². The fourth-order valence-electron chi connectivity index (χ4n) is 0.914. The summed E-state index contributed by atoms with van der Waals surface area (Å²) in [5.74, 6) is 0.551. The molecule has 0 saturated heterocycles. The molecule has 0 rings (SSSR count). The smallest absolute Gasteiger partial charge is 0.0624 e. The van der Waals surface area contributed by atoms with Gasteiger partial charge in [-0.1, -0.05) is 18.6 Å². The molecule has 0 aromatic heterocycles. The van der Waals surface area contributed by atoms with E-state index in [0.29, 0.717) is 12.3 Å². The zero-order valence-electron chi connectivity index (χ0n) is 7.72. The Morgan fingerprint density at radius 3 is 2.64 bits per heavy atom. The topological polar surface area (TPSA) is 23.8 Å². The lowest BCUT2D eigenvalue weighted by atomic mass is 10.0. The summed E-state index contributed by atoms with van der Waals surface area (Å²) in [6.45, 7) is 6.34. The van der Waals surface area contributed by atoms with Crippen LogP contribution in [0, 0.1) is 17.2 Å². The molecule has 0 radical (unpaired) electrons. The number of nitriles is 1. The molecule has 0 unspecified atom stereocenters. The van der Waals surface area contributed by atoms with E-state index >= 15 is 0 Å². The molecule has 0 aliphatic rings. The van der Waals surface area contributed by atoms with Gasteiger partial charge in [0.2, 0.25) is 0 Å². The lowest BCUT2D eigenvalue weighted by Crippen LogP contribution is -1.91. The van der Waals surface area contributed by atoms with E-state index in [0.717, 1.165) is 12.8 Å². The Balaban J connectivity index is 3.40. The van der Waals surface area contributed by atoms with Gasteiger partial charge in [-0.15, -0.1) is 0 Å². The van der Waals surface area contributed by atoms with E-state index in [2.05, 4.69) is 32.9 Å². The van der Waals surface area contributed by atoms with E-state index in [9.17, 15) is 0 Å². The minimum atomic E-state index is 0.551. The van der Waals surface area contributed by atoms with Crippen molar-refractivity contribution in [3.05, 3.63) is 11.6 Å². The standard InChI is InChI=1S/C10H17N/c1-9(2)5-4-6-10(3)7-8-11/h5,10H,4,6-7H2,1-3H3/t10-/m0/s1. The summed E-state index contributed by atoms with van der Waals surface area (Å²) in [6.07, 6.45) is 5.17. The highest BCUT2D eigenvalue weighted by Gasteiger charge is 1.98. The summed E-state index contributed by atoms with van der Waals surface area (Å²) in [6, 6.07) is 2.18. The van der Waals surface area contributed by atoms with Crippen LogP contribution in [-0.2, 0) is 0 Å². The summed E-state index contributed by atoms with van der Waals surface area (Å²) in [5.41, 5.74) is 1.37. The van der Waals surface area contributed by atoms with Crippen molar-refractivity contribution in [2.75, 3.05) is 0 Å². The third kappa shape index (κ3) is 7.12. The second kappa shape index (κ2) is 5.97. The van der Waals surface area contributed by atoms with Crippen molar-refractivity contribution in [2.45, 2.75) is 40.0 Å². The Bertz CT molecular complexity index is 158. The van der Waals surface area contributed by atoms with E-state index < -0.39 is 0 Å². The van der Waals surface area contributed by atoms with Crippen molar-refractivity contribution in [2.24, 2.45) is 5.92 Å². The monoisotopic (exact) mass is 151 g/mol. The van der Waals surface area contributed by atoms with Crippen LogP contribution in [0.25, 0.3) is 0 Å². The highest BCUT2D eigenvalue weighted by atomic mass is 14.2. The van der Waals surface area contributed by atoms with E-state index in [-0.39, 0.29) is 0 Å². The number of allylic oxidation sites excluding steroid dienone is 2. The van der Waals surface area contributed by atoms with Crippen molar-refractivity contribution < 1.29 is 0 Å². The summed E-state index contributed by atoms with van der Waals surface area (Å²) in [7, 11) is 0. The van der Waals surface area contributed by atoms with Crippen LogP contribution in [0.1, 0.15) is 40.0 Å². The van der Waals surface area contributed by atoms with E-state index in [4.69, 9.17) is 5.26 Å². The Hall–Kier alpha value is -0.770.